The lowest BCUT2D eigenvalue weighted by atomic mass is 10.1. The van der Waals surface area contributed by atoms with Crippen LogP contribution in [0.4, 0.5) is 5.69 Å². The van der Waals surface area contributed by atoms with Gasteiger partial charge in [-0.2, -0.15) is 0 Å². The van der Waals surface area contributed by atoms with Gasteiger partial charge in [-0.3, -0.25) is 9.52 Å². The van der Waals surface area contributed by atoms with Gasteiger partial charge in [-0.15, -0.1) is 0 Å². The summed E-state index contributed by atoms with van der Waals surface area (Å²) in [5, 5.41) is 0. The van der Waals surface area contributed by atoms with E-state index in [1.54, 1.807) is 48.4 Å². The number of amides is 1. The summed E-state index contributed by atoms with van der Waals surface area (Å²) in [4.78, 5) is 14.9. The van der Waals surface area contributed by atoms with Crippen molar-refractivity contribution in [3.05, 3.63) is 90.0 Å². The number of nitrogens with zero attached hydrogens (tertiary/aromatic N) is 1. The highest BCUT2D eigenvalue weighted by molar-refractivity contribution is 7.92. The summed E-state index contributed by atoms with van der Waals surface area (Å²) in [6.45, 7) is 1.13. The molecule has 32 heavy (non-hydrogen) atoms. The molecule has 0 fully saturated rings. The highest BCUT2D eigenvalue weighted by Crippen LogP contribution is 2.26. The largest absolute Gasteiger partial charge is 0.495 e. The van der Waals surface area contributed by atoms with Gasteiger partial charge in [0, 0.05) is 25.8 Å². The molecule has 1 N–H and O–H groups in total. The van der Waals surface area contributed by atoms with Gasteiger partial charge in [-0.25, -0.2) is 8.42 Å². The molecule has 3 aromatic carbocycles. The Hall–Kier alpha value is -3.36. The van der Waals surface area contributed by atoms with E-state index in [1.165, 1.54) is 19.2 Å². The Bertz CT molecular complexity index is 1150. The van der Waals surface area contributed by atoms with Crippen molar-refractivity contribution >= 4 is 21.6 Å². The first-order valence-electron chi connectivity index (χ1n) is 10.0. The van der Waals surface area contributed by atoms with Crippen molar-refractivity contribution in [3.8, 4) is 5.75 Å². The number of benzene rings is 3. The first kappa shape index (κ1) is 23.3. The molecule has 7 nitrogen and oxygen atoms in total. The number of hydrogen-bond donors (Lipinski definition) is 1. The molecular weight excluding hydrogens is 428 g/mol. The number of methoxy groups -OCH3 is 2. The molecule has 0 unspecified atom stereocenters. The standard InChI is InChI=1S/C24H26N2O5S/c1-30-16-15-26(18-19-9-4-3-5-10-19)24(27)20-11-8-12-21(17-20)32(28,29)25-22-13-6-7-14-23(22)31-2/h3-14,17,25H,15-16,18H2,1-2H3. The van der Waals surface area contributed by atoms with Crippen molar-refractivity contribution in [2.75, 3.05) is 32.1 Å². The number of rotatable bonds is 10. The maximum atomic E-state index is 13.2. The highest BCUT2D eigenvalue weighted by atomic mass is 32.2. The molecule has 0 aromatic heterocycles. The molecule has 0 aliphatic carbocycles. The number of carbonyl (C=O) groups is 1. The number of ether oxygens (including phenoxy) is 2. The Kier molecular flexibility index (Phi) is 7.86. The molecule has 3 aromatic rings. The summed E-state index contributed by atoms with van der Waals surface area (Å²) in [7, 11) is -0.892. The molecule has 0 bridgehead atoms. The molecule has 1 amide bonds. The van der Waals surface area contributed by atoms with Gasteiger partial charge in [-0.05, 0) is 35.9 Å². The average Bonchev–Trinajstić information content (AvgIpc) is 2.82. The van der Waals surface area contributed by atoms with Crippen LogP contribution in [0.2, 0.25) is 0 Å². The van der Waals surface area contributed by atoms with Crippen LogP contribution in [0.25, 0.3) is 0 Å². The smallest absolute Gasteiger partial charge is 0.262 e. The number of nitrogens with one attached hydrogen (secondary N) is 1. The second-order valence-electron chi connectivity index (χ2n) is 7.04. The lowest BCUT2D eigenvalue weighted by molar-refractivity contribution is 0.0680. The van der Waals surface area contributed by atoms with Crippen molar-refractivity contribution in [1.29, 1.82) is 0 Å². The summed E-state index contributed by atoms with van der Waals surface area (Å²) in [5.74, 6) is 0.122. The summed E-state index contributed by atoms with van der Waals surface area (Å²) >= 11 is 0. The second-order valence-corrected chi connectivity index (χ2v) is 8.72. The van der Waals surface area contributed by atoms with Crippen LogP contribution in [-0.4, -0.2) is 46.6 Å². The van der Waals surface area contributed by atoms with E-state index in [-0.39, 0.29) is 16.4 Å². The zero-order valence-corrected chi connectivity index (χ0v) is 18.8. The molecule has 0 spiro atoms. The summed E-state index contributed by atoms with van der Waals surface area (Å²) in [5.41, 5.74) is 1.57. The van der Waals surface area contributed by atoms with Crippen LogP contribution in [0, 0.1) is 0 Å². The number of anilines is 1. The fraction of sp³-hybridized carbons (Fsp3) is 0.208. The van der Waals surface area contributed by atoms with E-state index in [4.69, 9.17) is 9.47 Å². The van der Waals surface area contributed by atoms with Gasteiger partial charge in [0.05, 0.1) is 24.3 Å². The minimum atomic E-state index is -3.93. The predicted octanol–water partition coefficient (Wildman–Crippen LogP) is 3.78. The third-order valence-corrected chi connectivity index (χ3v) is 6.17. The first-order valence-corrected chi connectivity index (χ1v) is 11.5. The molecule has 0 saturated heterocycles. The molecule has 0 aliphatic rings. The molecule has 8 heteroatoms. The van der Waals surface area contributed by atoms with E-state index >= 15 is 0 Å². The summed E-state index contributed by atoms with van der Waals surface area (Å²) in [6.07, 6.45) is 0. The quantitative estimate of drug-likeness (QED) is 0.504. The van der Waals surface area contributed by atoms with Crippen molar-refractivity contribution < 1.29 is 22.7 Å². The Balaban J connectivity index is 1.86. The van der Waals surface area contributed by atoms with Gasteiger partial charge in [0.2, 0.25) is 0 Å². The molecule has 3 rings (SSSR count). The monoisotopic (exact) mass is 454 g/mol. The van der Waals surface area contributed by atoms with Crippen LogP contribution in [-0.2, 0) is 21.3 Å². The maximum absolute atomic E-state index is 13.2. The fourth-order valence-corrected chi connectivity index (χ4v) is 4.29. The lowest BCUT2D eigenvalue weighted by Crippen LogP contribution is -2.33. The third-order valence-electron chi connectivity index (χ3n) is 4.81. The maximum Gasteiger partial charge on any atom is 0.262 e. The summed E-state index contributed by atoms with van der Waals surface area (Å²) in [6, 6.07) is 22.3. The zero-order chi connectivity index (χ0) is 23.0. The van der Waals surface area contributed by atoms with E-state index in [2.05, 4.69) is 4.72 Å². The SMILES string of the molecule is COCCN(Cc1ccccc1)C(=O)c1cccc(S(=O)(=O)Nc2ccccc2OC)c1. The Labute approximate surface area is 188 Å². The number of carbonyl (C=O) groups excluding carboxylic acids is 1. The lowest BCUT2D eigenvalue weighted by Gasteiger charge is -2.23. The minimum absolute atomic E-state index is 0.0133. The van der Waals surface area contributed by atoms with Crippen LogP contribution in [0.3, 0.4) is 0 Å². The third kappa shape index (κ3) is 5.87. The van der Waals surface area contributed by atoms with Crippen molar-refractivity contribution in [2.24, 2.45) is 0 Å². The van der Waals surface area contributed by atoms with E-state index < -0.39 is 10.0 Å². The molecule has 0 atom stereocenters. The van der Waals surface area contributed by atoms with Crippen LogP contribution in [0.5, 0.6) is 5.75 Å². The normalized spacial score (nSPS) is 11.1. The molecule has 0 heterocycles. The molecule has 0 saturated carbocycles. The van der Waals surface area contributed by atoms with Gasteiger partial charge in [0.25, 0.3) is 15.9 Å². The van der Waals surface area contributed by atoms with Gasteiger partial charge < -0.3 is 14.4 Å². The zero-order valence-electron chi connectivity index (χ0n) is 18.0. The van der Waals surface area contributed by atoms with Crippen molar-refractivity contribution in [3.63, 3.8) is 0 Å². The Morgan fingerprint density at radius 1 is 0.938 bits per heavy atom. The molecule has 0 radical (unpaired) electrons. The Morgan fingerprint density at radius 2 is 1.66 bits per heavy atom. The van der Waals surface area contributed by atoms with Crippen molar-refractivity contribution in [1.82, 2.24) is 4.90 Å². The first-order chi connectivity index (χ1) is 15.4. The van der Waals surface area contributed by atoms with Gasteiger partial charge in [0.15, 0.2) is 0 Å². The number of para-hydroxylation sites is 2. The average molecular weight is 455 g/mol. The van der Waals surface area contributed by atoms with E-state index in [0.29, 0.717) is 31.1 Å². The molecule has 168 valence electrons. The van der Waals surface area contributed by atoms with Gasteiger partial charge in [-0.1, -0.05) is 48.5 Å². The Morgan fingerprint density at radius 3 is 2.38 bits per heavy atom. The molecule has 0 aliphatic heterocycles. The fourth-order valence-electron chi connectivity index (χ4n) is 3.17. The summed E-state index contributed by atoms with van der Waals surface area (Å²) < 4.78 is 38.8. The van der Waals surface area contributed by atoms with Crippen LogP contribution in [0.15, 0.2) is 83.8 Å². The van der Waals surface area contributed by atoms with Crippen LogP contribution in [0.1, 0.15) is 15.9 Å². The van der Waals surface area contributed by atoms with Crippen molar-refractivity contribution in [2.45, 2.75) is 11.4 Å². The second kappa shape index (κ2) is 10.8. The van der Waals surface area contributed by atoms with Gasteiger partial charge >= 0.3 is 0 Å². The highest BCUT2D eigenvalue weighted by Gasteiger charge is 2.21. The van der Waals surface area contributed by atoms with E-state index in [0.717, 1.165) is 5.56 Å². The van der Waals surface area contributed by atoms with Crippen LogP contribution >= 0.6 is 0 Å². The topological polar surface area (TPSA) is 84.9 Å². The van der Waals surface area contributed by atoms with E-state index in [9.17, 15) is 13.2 Å². The van der Waals surface area contributed by atoms with Gasteiger partial charge in [0.1, 0.15) is 5.75 Å². The van der Waals surface area contributed by atoms with E-state index in [1.807, 2.05) is 30.3 Å². The number of sulfonamides is 1. The molecular formula is C24H26N2O5S. The number of hydrogen-bond acceptors (Lipinski definition) is 5. The van der Waals surface area contributed by atoms with Crippen LogP contribution < -0.4 is 9.46 Å². The predicted molar refractivity (Wildman–Crippen MR) is 123 cm³/mol. The minimum Gasteiger partial charge on any atom is -0.495 e.